The van der Waals surface area contributed by atoms with E-state index in [1.807, 2.05) is 11.8 Å². The Hall–Kier alpha value is -2.29. The van der Waals surface area contributed by atoms with Gasteiger partial charge < -0.3 is 19.9 Å². The standard InChI is InChI=1S/C26H34Cl2N4O4/c1-4-32-21-15-30(10-9-22(33)31(13-16(2)3)14-18-6-5-11-36-18)25(34)23(21)24(29-26(32)35)19-8-7-17(27)12-20(19)28/h7-8,12,16,18,24H,4-6,9-11,13-15H2,1-3H3,(H,29,35). The van der Waals surface area contributed by atoms with Crippen LogP contribution in [0.5, 0.6) is 0 Å². The van der Waals surface area contributed by atoms with E-state index in [-0.39, 0.29) is 43.5 Å². The number of amides is 4. The number of carbonyl (C=O) groups is 3. The van der Waals surface area contributed by atoms with Crippen LogP contribution in [0.2, 0.25) is 10.0 Å². The second-order valence-electron chi connectivity index (χ2n) is 9.96. The minimum Gasteiger partial charge on any atom is -0.376 e. The maximum atomic E-state index is 13.6. The molecule has 0 saturated carbocycles. The average Bonchev–Trinajstić information content (AvgIpc) is 3.44. The maximum Gasteiger partial charge on any atom is 0.322 e. The van der Waals surface area contributed by atoms with E-state index < -0.39 is 6.04 Å². The molecule has 1 fully saturated rings. The minimum atomic E-state index is -0.676. The lowest BCUT2D eigenvalue weighted by Crippen LogP contribution is -2.47. The Bertz CT molecular complexity index is 1050. The molecule has 1 aromatic rings. The number of benzene rings is 1. The molecule has 3 aliphatic heterocycles. The van der Waals surface area contributed by atoms with Crippen molar-refractivity contribution in [2.75, 3.05) is 39.3 Å². The van der Waals surface area contributed by atoms with Crippen LogP contribution in [-0.2, 0) is 14.3 Å². The van der Waals surface area contributed by atoms with Crippen LogP contribution in [0, 0.1) is 5.92 Å². The molecule has 1 N–H and O–H groups in total. The van der Waals surface area contributed by atoms with Gasteiger partial charge >= 0.3 is 6.03 Å². The summed E-state index contributed by atoms with van der Waals surface area (Å²) in [5, 5.41) is 3.78. The van der Waals surface area contributed by atoms with Gasteiger partial charge in [0.15, 0.2) is 0 Å². The van der Waals surface area contributed by atoms with Gasteiger partial charge in [0.25, 0.3) is 5.91 Å². The summed E-state index contributed by atoms with van der Waals surface area (Å²) in [6.07, 6.45) is 2.28. The highest BCUT2D eigenvalue weighted by atomic mass is 35.5. The number of carbonyl (C=O) groups excluding carboxylic acids is 3. The molecular weight excluding hydrogens is 503 g/mol. The number of nitrogens with one attached hydrogen (secondary N) is 1. The summed E-state index contributed by atoms with van der Waals surface area (Å²) in [6, 6.07) is 4.07. The van der Waals surface area contributed by atoms with E-state index in [9.17, 15) is 14.4 Å². The Kier molecular flexibility index (Phi) is 8.48. The van der Waals surface area contributed by atoms with Crippen molar-refractivity contribution in [1.82, 2.24) is 20.0 Å². The molecule has 10 heteroatoms. The predicted molar refractivity (Wildman–Crippen MR) is 139 cm³/mol. The number of ether oxygens (including phenoxy) is 1. The molecule has 2 atom stereocenters. The molecule has 36 heavy (non-hydrogen) atoms. The highest BCUT2D eigenvalue weighted by Crippen LogP contribution is 2.39. The van der Waals surface area contributed by atoms with Gasteiger partial charge in [-0.2, -0.15) is 0 Å². The van der Waals surface area contributed by atoms with Crippen molar-refractivity contribution in [2.24, 2.45) is 5.92 Å². The fourth-order valence-electron chi connectivity index (χ4n) is 5.17. The molecule has 196 valence electrons. The smallest absolute Gasteiger partial charge is 0.322 e. The molecule has 3 aliphatic rings. The van der Waals surface area contributed by atoms with E-state index in [1.165, 1.54) is 0 Å². The maximum absolute atomic E-state index is 13.6. The van der Waals surface area contributed by atoms with Crippen LogP contribution in [0.25, 0.3) is 0 Å². The van der Waals surface area contributed by atoms with E-state index in [2.05, 4.69) is 19.2 Å². The SMILES string of the molecule is CCN1C(=O)NC(c2ccc(Cl)cc2Cl)C2=C1CN(CCC(=O)N(CC(C)C)CC1CCCO1)C2=O. The molecule has 0 aromatic heterocycles. The van der Waals surface area contributed by atoms with Crippen molar-refractivity contribution < 1.29 is 19.1 Å². The van der Waals surface area contributed by atoms with Crippen LogP contribution in [0.1, 0.15) is 51.6 Å². The van der Waals surface area contributed by atoms with Crippen molar-refractivity contribution in [3.63, 3.8) is 0 Å². The third-order valence-corrected chi connectivity index (χ3v) is 7.43. The number of hydrogen-bond donors (Lipinski definition) is 1. The lowest BCUT2D eigenvalue weighted by molar-refractivity contribution is -0.134. The van der Waals surface area contributed by atoms with E-state index in [1.54, 1.807) is 28.0 Å². The largest absolute Gasteiger partial charge is 0.376 e. The third-order valence-electron chi connectivity index (χ3n) is 6.87. The Morgan fingerprint density at radius 1 is 1.28 bits per heavy atom. The van der Waals surface area contributed by atoms with Crippen LogP contribution in [-0.4, -0.2) is 78.0 Å². The number of hydrogen-bond acceptors (Lipinski definition) is 4. The Morgan fingerprint density at radius 2 is 2.06 bits per heavy atom. The molecular formula is C26H34Cl2N4O4. The highest BCUT2D eigenvalue weighted by Gasteiger charge is 2.44. The zero-order chi connectivity index (χ0) is 26.0. The van der Waals surface area contributed by atoms with Crippen molar-refractivity contribution in [3.8, 4) is 0 Å². The van der Waals surface area contributed by atoms with Crippen LogP contribution in [0.15, 0.2) is 29.5 Å². The summed E-state index contributed by atoms with van der Waals surface area (Å²) in [4.78, 5) is 44.8. The fraction of sp³-hybridized carbons (Fsp3) is 0.577. The van der Waals surface area contributed by atoms with Gasteiger partial charge in [-0.05, 0) is 43.4 Å². The van der Waals surface area contributed by atoms with Gasteiger partial charge in [-0.1, -0.05) is 43.1 Å². The molecule has 0 radical (unpaired) electrons. The highest BCUT2D eigenvalue weighted by molar-refractivity contribution is 6.35. The van der Waals surface area contributed by atoms with Gasteiger partial charge in [0.05, 0.1) is 30.0 Å². The summed E-state index contributed by atoms with van der Waals surface area (Å²) in [5.74, 6) is 0.148. The summed E-state index contributed by atoms with van der Waals surface area (Å²) in [6.45, 7) is 9.00. The summed E-state index contributed by atoms with van der Waals surface area (Å²) in [5.41, 5.74) is 1.77. The van der Waals surface area contributed by atoms with Gasteiger partial charge in [0, 0.05) is 49.3 Å². The normalized spacial score (nSPS) is 21.9. The first-order valence-corrected chi connectivity index (χ1v) is 13.4. The minimum absolute atomic E-state index is 0.00992. The van der Waals surface area contributed by atoms with Gasteiger partial charge in [-0.3, -0.25) is 14.5 Å². The second kappa shape index (κ2) is 11.4. The summed E-state index contributed by atoms with van der Waals surface area (Å²) < 4.78 is 5.75. The number of rotatable bonds is 9. The second-order valence-corrected chi connectivity index (χ2v) is 10.8. The molecule has 4 rings (SSSR count). The predicted octanol–water partition coefficient (Wildman–Crippen LogP) is 4.23. The number of halogens is 2. The Labute approximate surface area is 222 Å². The molecule has 4 amide bonds. The van der Waals surface area contributed by atoms with Crippen molar-refractivity contribution >= 4 is 41.0 Å². The Balaban J connectivity index is 1.50. The van der Waals surface area contributed by atoms with Crippen LogP contribution >= 0.6 is 23.2 Å². The third kappa shape index (κ3) is 5.66. The molecule has 3 heterocycles. The van der Waals surface area contributed by atoms with Crippen molar-refractivity contribution in [2.45, 2.75) is 52.2 Å². The van der Waals surface area contributed by atoms with Crippen LogP contribution in [0.4, 0.5) is 4.79 Å². The first-order chi connectivity index (χ1) is 17.2. The van der Waals surface area contributed by atoms with Gasteiger partial charge in [-0.25, -0.2) is 4.79 Å². The monoisotopic (exact) mass is 536 g/mol. The van der Waals surface area contributed by atoms with Crippen molar-refractivity contribution in [3.05, 3.63) is 45.1 Å². The summed E-state index contributed by atoms with van der Waals surface area (Å²) >= 11 is 12.5. The lowest BCUT2D eigenvalue weighted by Gasteiger charge is -2.33. The zero-order valence-electron chi connectivity index (χ0n) is 21.1. The van der Waals surface area contributed by atoms with Gasteiger partial charge in [-0.15, -0.1) is 0 Å². The van der Waals surface area contributed by atoms with Crippen LogP contribution in [0.3, 0.4) is 0 Å². The van der Waals surface area contributed by atoms with Gasteiger partial charge in [0.1, 0.15) is 0 Å². The molecule has 0 bridgehead atoms. The molecule has 8 nitrogen and oxygen atoms in total. The van der Waals surface area contributed by atoms with Gasteiger partial charge in [0.2, 0.25) is 5.91 Å². The van der Waals surface area contributed by atoms with E-state index in [0.29, 0.717) is 52.4 Å². The Morgan fingerprint density at radius 3 is 2.69 bits per heavy atom. The molecule has 0 aliphatic carbocycles. The van der Waals surface area contributed by atoms with E-state index in [4.69, 9.17) is 27.9 Å². The van der Waals surface area contributed by atoms with E-state index in [0.717, 1.165) is 19.4 Å². The van der Waals surface area contributed by atoms with Crippen molar-refractivity contribution in [1.29, 1.82) is 0 Å². The number of nitrogens with zero attached hydrogens (tertiary/aromatic N) is 3. The molecule has 1 saturated heterocycles. The molecule has 1 aromatic carbocycles. The number of likely N-dealkylation sites (N-methyl/N-ethyl adjacent to an activating group) is 1. The average molecular weight is 537 g/mol. The lowest BCUT2D eigenvalue weighted by atomic mass is 9.95. The molecule has 2 unspecified atom stereocenters. The number of urea groups is 1. The van der Waals surface area contributed by atoms with E-state index >= 15 is 0 Å². The topological polar surface area (TPSA) is 82.2 Å². The first kappa shape index (κ1) is 26.8. The fourth-order valence-corrected chi connectivity index (χ4v) is 5.69. The quantitative estimate of drug-likeness (QED) is 0.511. The summed E-state index contributed by atoms with van der Waals surface area (Å²) in [7, 11) is 0. The zero-order valence-corrected chi connectivity index (χ0v) is 22.6. The first-order valence-electron chi connectivity index (χ1n) is 12.6. The molecule has 0 spiro atoms. The van der Waals surface area contributed by atoms with Crippen LogP contribution < -0.4 is 5.32 Å².